The molecule has 3 rings (SSSR count). The topological polar surface area (TPSA) is 27.9 Å². The zero-order chi connectivity index (χ0) is 13.8. The first-order valence-electron chi connectivity index (χ1n) is 5.96. The van der Waals surface area contributed by atoms with E-state index < -0.39 is 0 Å². The highest BCUT2D eigenvalue weighted by Gasteiger charge is 2.16. The number of nitrogens with zero attached hydrogens (tertiary/aromatic N) is 2. The summed E-state index contributed by atoms with van der Waals surface area (Å²) in [5.41, 5.74) is 5.36. The van der Waals surface area contributed by atoms with E-state index >= 15 is 0 Å². The van der Waals surface area contributed by atoms with Crippen LogP contribution in [0.5, 0.6) is 0 Å². The smallest absolute Gasteiger partial charge is 0.340 e. The molecular formula is C14H11Cl2N3S2. The number of anilines is 1. The normalized spacial score (nSPS) is 11.5. The molecule has 108 valence electrons. The molecule has 0 spiro atoms. The van der Waals surface area contributed by atoms with Gasteiger partial charge in [0.25, 0.3) is 0 Å². The minimum atomic E-state index is 0. The van der Waals surface area contributed by atoms with Gasteiger partial charge in [0.05, 0.1) is 5.69 Å². The number of rotatable bonds is 3. The molecule has 0 saturated carbocycles. The molecule has 0 bridgehead atoms. The van der Waals surface area contributed by atoms with Crippen molar-refractivity contribution in [2.45, 2.75) is 0 Å². The molecule has 3 aromatic rings. The van der Waals surface area contributed by atoms with Gasteiger partial charge in [0.2, 0.25) is 10.8 Å². The van der Waals surface area contributed by atoms with Gasteiger partial charge >= 0.3 is 4.67 Å². The summed E-state index contributed by atoms with van der Waals surface area (Å²) in [6.07, 6.45) is 0. The molecule has 0 fully saturated rings. The molecule has 2 aromatic carbocycles. The third kappa shape index (κ3) is 3.83. The molecule has 0 atom stereocenters. The van der Waals surface area contributed by atoms with Crippen molar-refractivity contribution in [2.75, 3.05) is 5.43 Å². The Morgan fingerprint density at radius 3 is 2.14 bits per heavy atom. The fourth-order valence-electron chi connectivity index (χ4n) is 1.74. The summed E-state index contributed by atoms with van der Waals surface area (Å²) in [5.74, 6) is 0. The molecular weight excluding hydrogens is 345 g/mol. The van der Waals surface area contributed by atoms with Crippen LogP contribution in [-0.4, -0.2) is 4.37 Å². The SMILES string of the molecule is Clc1nss/c1=[N+](/Nc1ccccc1)c1ccccc1.[Cl-]. The maximum absolute atomic E-state index is 6.18. The number of hydrogen-bond acceptors (Lipinski definition) is 4. The first-order valence-corrected chi connectivity index (χ1v) is 8.44. The summed E-state index contributed by atoms with van der Waals surface area (Å²) in [4.78, 5) is 0. The highest BCUT2D eigenvalue weighted by molar-refractivity contribution is 7.66. The van der Waals surface area contributed by atoms with Crippen molar-refractivity contribution in [2.24, 2.45) is 0 Å². The van der Waals surface area contributed by atoms with Crippen LogP contribution in [0.4, 0.5) is 11.4 Å². The Kier molecular flexibility index (Phi) is 5.76. The van der Waals surface area contributed by atoms with E-state index in [-0.39, 0.29) is 12.4 Å². The fourth-order valence-corrected chi connectivity index (χ4v) is 3.97. The summed E-state index contributed by atoms with van der Waals surface area (Å²) in [6, 6.07) is 20.0. The van der Waals surface area contributed by atoms with Gasteiger partial charge in [0.1, 0.15) is 0 Å². The Hall–Kier alpha value is -1.40. The molecule has 0 unspecified atom stereocenters. The third-order valence-corrected chi connectivity index (χ3v) is 4.90. The molecule has 0 amide bonds. The quantitative estimate of drug-likeness (QED) is 0.431. The lowest BCUT2D eigenvalue weighted by Gasteiger charge is -2.03. The fraction of sp³-hybridized carbons (Fsp3) is 0. The highest BCUT2D eigenvalue weighted by atomic mass is 35.5. The van der Waals surface area contributed by atoms with Gasteiger partial charge in [-0.25, -0.2) is 0 Å². The first kappa shape index (κ1) is 16.0. The predicted octanol–water partition coefficient (Wildman–Crippen LogP) is 0.993. The number of hydrazine groups is 1. The molecule has 0 aliphatic carbocycles. The molecule has 1 aromatic heterocycles. The van der Waals surface area contributed by atoms with Crippen LogP contribution in [-0.2, 0) is 0 Å². The second-order valence-corrected chi connectivity index (χ2v) is 6.18. The van der Waals surface area contributed by atoms with E-state index in [1.165, 1.54) is 20.9 Å². The molecule has 1 heterocycles. The first-order chi connectivity index (χ1) is 9.84. The van der Waals surface area contributed by atoms with Crippen molar-refractivity contribution in [3.63, 3.8) is 0 Å². The van der Waals surface area contributed by atoms with Gasteiger partial charge in [-0.2, -0.15) is 9.80 Å². The Labute approximate surface area is 141 Å². The molecule has 7 heteroatoms. The lowest BCUT2D eigenvalue weighted by molar-refractivity contribution is -0.00000379. The zero-order valence-electron chi connectivity index (χ0n) is 10.7. The van der Waals surface area contributed by atoms with Crippen LogP contribution in [0.15, 0.2) is 60.7 Å². The van der Waals surface area contributed by atoms with Gasteiger partial charge in [0, 0.05) is 33.0 Å². The average Bonchev–Trinajstić information content (AvgIpc) is 2.93. The van der Waals surface area contributed by atoms with Crippen LogP contribution in [0.25, 0.3) is 0 Å². The van der Waals surface area contributed by atoms with E-state index in [1.807, 2.05) is 65.3 Å². The van der Waals surface area contributed by atoms with Crippen LogP contribution in [0, 0.1) is 0 Å². The van der Waals surface area contributed by atoms with E-state index in [1.54, 1.807) is 0 Å². The van der Waals surface area contributed by atoms with E-state index in [4.69, 9.17) is 11.6 Å². The second-order valence-electron chi connectivity index (χ2n) is 3.99. The van der Waals surface area contributed by atoms with E-state index in [9.17, 15) is 0 Å². The van der Waals surface area contributed by atoms with Crippen LogP contribution >= 0.6 is 32.5 Å². The predicted molar refractivity (Wildman–Crippen MR) is 86.4 cm³/mol. The number of benzene rings is 2. The number of nitrogens with one attached hydrogen (secondary N) is 1. The van der Waals surface area contributed by atoms with E-state index in [0.717, 1.165) is 16.0 Å². The monoisotopic (exact) mass is 355 g/mol. The van der Waals surface area contributed by atoms with Gasteiger partial charge in [-0.05, 0) is 12.1 Å². The van der Waals surface area contributed by atoms with Crippen LogP contribution in [0.3, 0.4) is 0 Å². The zero-order valence-corrected chi connectivity index (χ0v) is 13.9. The minimum Gasteiger partial charge on any atom is -1.00 e. The Bertz CT molecular complexity index is 754. The Balaban J connectivity index is 0.00000161. The van der Waals surface area contributed by atoms with Crippen LogP contribution < -0.4 is 27.2 Å². The molecule has 3 nitrogen and oxygen atoms in total. The van der Waals surface area contributed by atoms with E-state index in [0.29, 0.717) is 5.15 Å². The average molecular weight is 356 g/mol. The summed E-state index contributed by atoms with van der Waals surface area (Å²) in [7, 11) is 2.91. The molecule has 0 aliphatic rings. The highest BCUT2D eigenvalue weighted by Crippen LogP contribution is 2.14. The minimum absolute atomic E-state index is 0. The molecule has 1 N–H and O–H groups in total. The van der Waals surface area contributed by atoms with Crippen molar-refractivity contribution in [1.82, 2.24) is 9.06 Å². The summed E-state index contributed by atoms with van der Waals surface area (Å²) in [6.45, 7) is 0. The van der Waals surface area contributed by atoms with Crippen molar-refractivity contribution >= 4 is 43.9 Å². The maximum Gasteiger partial charge on any atom is 0.340 e. The third-order valence-electron chi connectivity index (χ3n) is 2.64. The summed E-state index contributed by atoms with van der Waals surface area (Å²) < 4.78 is 6.98. The lowest BCUT2D eigenvalue weighted by atomic mass is 10.3. The molecule has 21 heavy (non-hydrogen) atoms. The van der Waals surface area contributed by atoms with Gasteiger partial charge in [-0.15, -0.1) is 0 Å². The van der Waals surface area contributed by atoms with Crippen LogP contribution in [0.1, 0.15) is 0 Å². The number of para-hydroxylation sites is 2. The summed E-state index contributed by atoms with van der Waals surface area (Å²) in [5, 5.41) is 0.507. The van der Waals surface area contributed by atoms with Crippen LogP contribution in [0.2, 0.25) is 5.15 Å². The van der Waals surface area contributed by atoms with Crippen molar-refractivity contribution in [3.05, 3.63) is 70.5 Å². The van der Waals surface area contributed by atoms with E-state index in [2.05, 4.69) is 9.80 Å². The largest absolute Gasteiger partial charge is 1.00 e. The van der Waals surface area contributed by atoms with Gasteiger partial charge in [-0.3, -0.25) is 0 Å². The lowest BCUT2D eigenvalue weighted by Crippen LogP contribution is -3.00. The van der Waals surface area contributed by atoms with Crippen molar-refractivity contribution in [1.29, 1.82) is 0 Å². The summed E-state index contributed by atoms with van der Waals surface area (Å²) >= 11 is 6.18. The molecule has 0 aliphatic heterocycles. The Morgan fingerprint density at radius 2 is 1.57 bits per heavy atom. The molecule has 0 radical (unpaired) electrons. The second kappa shape index (κ2) is 7.56. The number of halogens is 2. The number of aromatic nitrogens is 1. The van der Waals surface area contributed by atoms with Gasteiger partial charge < -0.3 is 12.4 Å². The standard InChI is InChI=1S/C14H11ClN3S2.ClH/c15-13-14(19-20-17-13)18(12-9-5-2-6-10-12)16-11-7-3-1-4-8-11;/h1-10,16H;1H/q+1;/p-1/b18-14+;. The molecule has 0 saturated heterocycles. The van der Waals surface area contributed by atoms with Gasteiger partial charge in [0.15, 0.2) is 0 Å². The Morgan fingerprint density at radius 1 is 0.952 bits per heavy atom. The van der Waals surface area contributed by atoms with Gasteiger partial charge in [-0.1, -0.05) is 52.7 Å². The van der Waals surface area contributed by atoms with Crippen molar-refractivity contribution in [3.8, 4) is 0 Å². The van der Waals surface area contributed by atoms with Crippen molar-refractivity contribution < 1.29 is 12.4 Å². The number of hydrogen-bond donors (Lipinski definition) is 1. The maximum atomic E-state index is 6.18.